The van der Waals surface area contributed by atoms with Crippen molar-refractivity contribution in [3.63, 3.8) is 0 Å². The van der Waals surface area contributed by atoms with Gasteiger partial charge in [0.05, 0.1) is 0 Å². The Morgan fingerprint density at radius 3 is 2.46 bits per heavy atom. The van der Waals surface area contributed by atoms with Gasteiger partial charge < -0.3 is 5.73 Å². The van der Waals surface area contributed by atoms with Gasteiger partial charge in [-0.05, 0) is 24.5 Å². The van der Waals surface area contributed by atoms with Crippen LogP contribution in [-0.2, 0) is 0 Å². The van der Waals surface area contributed by atoms with Crippen LogP contribution in [0.25, 0.3) is 0 Å². The van der Waals surface area contributed by atoms with Gasteiger partial charge in [-0.1, -0.05) is 19.9 Å². The summed E-state index contributed by atoms with van der Waals surface area (Å²) in [5.74, 6) is -0.108. The van der Waals surface area contributed by atoms with Crippen LogP contribution in [0.3, 0.4) is 0 Å². The van der Waals surface area contributed by atoms with Crippen LogP contribution in [0, 0.1) is 18.8 Å². The van der Waals surface area contributed by atoms with E-state index in [2.05, 4.69) is 4.98 Å². The molecule has 0 saturated carbocycles. The Kier molecular flexibility index (Phi) is 2.98. The van der Waals surface area contributed by atoms with Gasteiger partial charge in [0.1, 0.15) is 0 Å². The molecule has 13 heavy (non-hydrogen) atoms. The van der Waals surface area contributed by atoms with Gasteiger partial charge in [-0.25, -0.2) is 4.98 Å². The second-order valence-electron chi connectivity index (χ2n) is 3.58. The lowest BCUT2D eigenvalue weighted by molar-refractivity contribution is 0.504. The summed E-state index contributed by atoms with van der Waals surface area (Å²) in [7, 11) is 0. The molecular weight excluding hydrogens is 167 g/mol. The molecule has 1 rings (SSSR count). The van der Waals surface area contributed by atoms with E-state index in [-0.39, 0.29) is 6.04 Å². The van der Waals surface area contributed by atoms with E-state index in [1.807, 2.05) is 13.8 Å². The number of halogens is 1. The molecule has 1 atom stereocenters. The topological polar surface area (TPSA) is 38.9 Å². The molecule has 0 saturated heterocycles. The molecular formula is C10H15FN2. The summed E-state index contributed by atoms with van der Waals surface area (Å²) in [6.45, 7) is 5.85. The molecule has 1 heterocycles. The number of hydrogen-bond donors (Lipinski definition) is 1. The molecule has 0 aliphatic heterocycles. The maximum atomic E-state index is 12.7. The van der Waals surface area contributed by atoms with Crippen LogP contribution in [0.5, 0.6) is 0 Å². The second kappa shape index (κ2) is 3.83. The molecule has 0 unspecified atom stereocenters. The predicted molar refractivity (Wildman–Crippen MR) is 50.7 cm³/mol. The highest BCUT2D eigenvalue weighted by molar-refractivity contribution is 5.22. The number of pyridine rings is 1. The van der Waals surface area contributed by atoms with Crippen LogP contribution >= 0.6 is 0 Å². The van der Waals surface area contributed by atoms with E-state index in [4.69, 9.17) is 5.73 Å². The molecule has 1 aromatic rings. The van der Waals surface area contributed by atoms with Gasteiger partial charge in [-0.2, -0.15) is 4.39 Å². The number of aromatic nitrogens is 1. The average molecular weight is 182 g/mol. The van der Waals surface area contributed by atoms with Crippen LogP contribution in [0.2, 0.25) is 0 Å². The Hall–Kier alpha value is -0.960. The van der Waals surface area contributed by atoms with Crippen LogP contribution in [-0.4, -0.2) is 4.98 Å². The Bertz CT molecular complexity index is 297. The summed E-state index contributed by atoms with van der Waals surface area (Å²) in [6, 6.07) is 3.00. The number of nitrogens with two attached hydrogens (primary N) is 1. The van der Waals surface area contributed by atoms with Gasteiger partial charge in [-0.15, -0.1) is 0 Å². The molecule has 1 aromatic heterocycles. The lowest BCUT2D eigenvalue weighted by Crippen LogP contribution is -2.18. The van der Waals surface area contributed by atoms with E-state index < -0.39 is 5.95 Å². The zero-order valence-corrected chi connectivity index (χ0v) is 8.21. The summed E-state index contributed by atoms with van der Waals surface area (Å²) in [6.07, 6.45) is 0. The fourth-order valence-electron chi connectivity index (χ4n) is 1.25. The summed E-state index contributed by atoms with van der Waals surface area (Å²) < 4.78 is 12.7. The first-order valence-corrected chi connectivity index (χ1v) is 4.41. The first-order chi connectivity index (χ1) is 6.02. The molecule has 0 radical (unpaired) electrons. The van der Waals surface area contributed by atoms with E-state index >= 15 is 0 Å². The standard InChI is InChI=1S/C10H15FN2/c1-6(2)10(12)8-4-5-9(11)13-7(8)3/h4-6,10H,12H2,1-3H3/t10-/m0/s1. The fourth-order valence-corrected chi connectivity index (χ4v) is 1.25. The van der Waals surface area contributed by atoms with Crippen molar-refractivity contribution < 1.29 is 4.39 Å². The van der Waals surface area contributed by atoms with Crippen molar-refractivity contribution in [2.45, 2.75) is 26.8 Å². The molecule has 0 aliphatic carbocycles. The molecule has 0 fully saturated rings. The number of aryl methyl sites for hydroxylation is 1. The Morgan fingerprint density at radius 1 is 1.38 bits per heavy atom. The molecule has 0 aromatic carbocycles. The smallest absolute Gasteiger partial charge is 0.213 e. The van der Waals surface area contributed by atoms with Crippen molar-refractivity contribution in [1.82, 2.24) is 4.98 Å². The van der Waals surface area contributed by atoms with E-state index in [1.165, 1.54) is 6.07 Å². The third kappa shape index (κ3) is 2.25. The molecule has 2 nitrogen and oxygen atoms in total. The van der Waals surface area contributed by atoms with E-state index in [0.717, 1.165) is 5.56 Å². The highest BCUT2D eigenvalue weighted by atomic mass is 19.1. The van der Waals surface area contributed by atoms with E-state index in [9.17, 15) is 4.39 Å². The minimum absolute atomic E-state index is 0.0619. The van der Waals surface area contributed by atoms with Crippen LogP contribution < -0.4 is 5.73 Å². The van der Waals surface area contributed by atoms with Gasteiger partial charge in [0.15, 0.2) is 0 Å². The molecule has 2 N–H and O–H groups in total. The normalized spacial score (nSPS) is 13.4. The van der Waals surface area contributed by atoms with Gasteiger partial charge in [0.25, 0.3) is 0 Å². The fraction of sp³-hybridized carbons (Fsp3) is 0.500. The van der Waals surface area contributed by atoms with Crippen molar-refractivity contribution in [1.29, 1.82) is 0 Å². The zero-order valence-electron chi connectivity index (χ0n) is 8.21. The summed E-state index contributed by atoms with van der Waals surface area (Å²) in [5, 5.41) is 0. The van der Waals surface area contributed by atoms with Crippen molar-refractivity contribution in [3.8, 4) is 0 Å². The average Bonchev–Trinajstić information content (AvgIpc) is 2.03. The van der Waals surface area contributed by atoms with E-state index in [1.54, 1.807) is 13.0 Å². The van der Waals surface area contributed by atoms with Crippen LogP contribution in [0.1, 0.15) is 31.1 Å². The third-order valence-electron chi connectivity index (χ3n) is 2.17. The molecule has 0 aliphatic rings. The van der Waals surface area contributed by atoms with Crippen molar-refractivity contribution in [2.24, 2.45) is 11.7 Å². The second-order valence-corrected chi connectivity index (χ2v) is 3.58. The highest BCUT2D eigenvalue weighted by Crippen LogP contribution is 2.20. The Labute approximate surface area is 78.0 Å². The van der Waals surface area contributed by atoms with Crippen molar-refractivity contribution in [3.05, 3.63) is 29.3 Å². The van der Waals surface area contributed by atoms with Crippen molar-refractivity contribution in [2.75, 3.05) is 0 Å². The number of rotatable bonds is 2. The van der Waals surface area contributed by atoms with E-state index in [0.29, 0.717) is 11.6 Å². The number of nitrogens with zero attached hydrogens (tertiary/aromatic N) is 1. The molecule has 72 valence electrons. The van der Waals surface area contributed by atoms with Gasteiger partial charge >= 0.3 is 0 Å². The van der Waals surface area contributed by atoms with Gasteiger partial charge in [0.2, 0.25) is 5.95 Å². The quantitative estimate of drug-likeness (QED) is 0.712. The third-order valence-corrected chi connectivity index (χ3v) is 2.17. The molecule has 0 bridgehead atoms. The summed E-state index contributed by atoms with van der Waals surface area (Å²) in [5.41, 5.74) is 7.54. The zero-order chi connectivity index (χ0) is 10.0. The maximum Gasteiger partial charge on any atom is 0.213 e. The first-order valence-electron chi connectivity index (χ1n) is 4.41. The molecule has 0 amide bonds. The monoisotopic (exact) mass is 182 g/mol. The first kappa shape index (κ1) is 10.1. The predicted octanol–water partition coefficient (Wildman–Crippen LogP) is 2.18. The highest BCUT2D eigenvalue weighted by Gasteiger charge is 2.13. The lowest BCUT2D eigenvalue weighted by Gasteiger charge is -2.17. The molecule has 0 spiro atoms. The summed E-state index contributed by atoms with van der Waals surface area (Å²) in [4.78, 5) is 3.73. The maximum absolute atomic E-state index is 12.7. The largest absolute Gasteiger partial charge is 0.324 e. The number of hydrogen-bond acceptors (Lipinski definition) is 2. The van der Waals surface area contributed by atoms with Crippen LogP contribution in [0.15, 0.2) is 12.1 Å². The minimum atomic E-state index is -0.447. The molecule has 3 heteroatoms. The Balaban J connectivity index is 3.01. The SMILES string of the molecule is Cc1nc(F)ccc1[C@@H](N)C(C)C. The van der Waals surface area contributed by atoms with Crippen LogP contribution in [0.4, 0.5) is 4.39 Å². The van der Waals surface area contributed by atoms with Crippen molar-refractivity contribution >= 4 is 0 Å². The summed E-state index contributed by atoms with van der Waals surface area (Å²) >= 11 is 0. The minimum Gasteiger partial charge on any atom is -0.324 e. The lowest BCUT2D eigenvalue weighted by atomic mass is 9.96. The van der Waals surface area contributed by atoms with Gasteiger partial charge in [-0.3, -0.25) is 0 Å². The van der Waals surface area contributed by atoms with Gasteiger partial charge in [0, 0.05) is 11.7 Å². The Morgan fingerprint density at radius 2 is 2.00 bits per heavy atom.